The number of hydrogen-bond donors (Lipinski definition) is 1. The molecule has 0 aliphatic heterocycles. The van der Waals surface area contributed by atoms with Gasteiger partial charge in [0.1, 0.15) is 11.7 Å². The molecule has 0 unspecified atom stereocenters. The van der Waals surface area contributed by atoms with E-state index in [9.17, 15) is 9.59 Å². The van der Waals surface area contributed by atoms with Crippen molar-refractivity contribution in [2.24, 2.45) is 0 Å². The highest BCUT2D eigenvalue weighted by Gasteiger charge is 2.18. The van der Waals surface area contributed by atoms with Crippen LogP contribution in [-0.4, -0.2) is 42.0 Å². The first-order chi connectivity index (χ1) is 8.45. The summed E-state index contributed by atoms with van der Waals surface area (Å²) < 4.78 is 4.75. The molecule has 6 nitrogen and oxygen atoms in total. The van der Waals surface area contributed by atoms with Crippen LogP contribution in [0.3, 0.4) is 0 Å². The molecule has 0 spiro atoms. The summed E-state index contributed by atoms with van der Waals surface area (Å²) >= 11 is 5.69. The Bertz CT molecular complexity index is 465. The van der Waals surface area contributed by atoms with Crippen LogP contribution in [0.1, 0.15) is 17.3 Å². The number of anilines is 1. The Kier molecular flexibility index (Phi) is 4.91. The first kappa shape index (κ1) is 14.2. The Morgan fingerprint density at radius 2 is 2.22 bits per heavy atom. The maximum Gasteiger partial charge on any atom is 0.325 e. The van der Waals surface area contributed by atoms with Gasteiger partial charge >= 0.3 is 5.97 Å². The number of ether oxygens (including phenoxy) is 1. The van der Waals surface area contributed by atoms with Crippen LogP contribution in [0.4, 0.5) is 5.69 Å². The van der Waals surface area contributed by atoms with Gasteiger partial charge in [0, 0.05) is 7.05 Å². The third kappa shape index (κ3) is 3.59. The molecule has 1 heterocycles. The van der Waals surface area contributed by atoms with E-state index >= 15 is 0 Å². The van der Waals surface area contributed by atoms with Crippen molar-refractivity contribution < 1.29 is 14.3 Å². The number of nitrogens with two attached hydrogens (primary N) is 1. The first-order valence-corrected chi connectivity index (χ1v) is 5.65. The second kappa shape index (κ2) is 6.20. The van der Waals surface area contributed by atoms with Gasteiger partial charge in [0.25, 0.3) is 5.91 Å². The molecule has 1 aromatic heterocycles. The van der Waals surface area contributed by atoms with E-state index in [1.54, 1.807) is 6.92 Å². The summed E-state index contributed by atoms with van der Waals surface area (Å²) in [5, 5.41) is 0.164. The topological polar surface area (TPSA) is 85.5 Å². The summed E-state index contributed by atoms with van der Waals surface area (Å²) in [6.07, 6.45) is 1.30. The van der Waals surface area contributed by atoms with E-state index in [1.807, 2.05) is 0 Å². The molecule has 0 radical (unpaired) electrons. The highest BCUT2D eigenvalue weighted by Crippen LogP contribution is 2.16. The van der Waals surface area contributed by atoms with Crippen LogP contribution in [0.5, 0.6) is 0 Å². The predicted octanol–water partition coefficient (Wildman–Crippen LogP) is 0.952. The Labute approximate surface area is 110 Å². The van der Waals surface area contributed by atoms with Gasteiger partial charge in [0.05, 0.1) is 24.1 Å². The van der Waals surface area contributed by atoms with Crippen molar-refractivity contribution in [2.75, 3.05) is 25.9 Å². The Morgan fingerprint density at radius 3 is 2.83 bits per heavy atom. The molecule has 7 heteroatoms. The number of aromatic nitrogens is 1. The molecule has 0 aliphatic carbocycles. The normalized spacial score (nSPS) is 9.94. The number of halogens is 1. The lowest BCUT2D eigenvalue weighted by molar-refractivity contribution is -0.143. The van der Waals surface area contributed by atoms with Gasteiger partial charge in [-0.15, -0.1) is 0 Å². The molecule has 1 aromatic rings. The van der Waals surface area contributed by atoms with E-state index in [2.05, 4.69) is 4.98 Å². The van der Waals surface area contributed by atoms with Crippen LogP contribution in [0.15, 0.2) is 12.3 Å². The van der Waals surface area contributed by atoms with E-state index in [0.29, 0.717) is 0 Å². The SMILES string of the molecule is CCOC(=O)CN(C)C(=O)c1cc(Cl)ncc1N. The van der Waals surface area contributed by atoms with E-state index in [1.165, 1.54) is 24.2 Å². The Hall–Kier alpha value is -1.82. The number of esters is 1. The molecule has 18 heavy (non-hydrogen) atoms. The number of amides is 1. The number of likely N-dealkylation sites (N-methyl/N-ethyl adjacent to an activating group) is 1. The smallest absolute Gasteiger partial charge is 0.325 e. The second-order valence-corrected chi connectivity index (χ2v) is 3.95. The van der Waals surface area contributed by atoms with Crippen molar-refractivity contribution in [3.63, 3.8) is 0 Å². The van der Waals surface area contributed by atoms with E-state index in [0.717, 1.165) is 0 Å². The van der Waals surface area contributed by atoms with Gasteiger partial charge in [0.15, 0.2) is 0 Å². The van der Waals surface area contributed by atoms with E-state index < -0.39 is 11.9 Å². The molecule has 0 atom stereocenters. The first-order valence-electron chi connectivity index (χ1n) is 5.27. The van der Waals surface area contributed by atoms with E-state index in [-0.39, 0.29) is 29.6 Å². The minimum Gasteiger partial charge on any atom is -0.465 e. The highest BCUT2D eigenvalue weighted by atomic mass is 35.5. The summed E-state index contributed by atoms with van der Waals surface area (Å²) in [5.41, 5.74) is 6.05. The van der Waals surface area contributed by atoms with Crippen LogP contribution in [0.25, 0.3) is 0 Å². The standard InChI is InChI=1S/C11H14ClN3O3/c1-3-18-10(16)6-15(2)11(17)7-4-9(12)14-5-8(7)13/h4-5H,3,6,13H2,1-2H3. The largest absolute Gasteiger partial charge is 0.465 e. The number of hydrogen-bond acceptors (Lipinski definition) is 5. The van der Waals surface area contributed by atoms with Crippen molar-refractivity contribution in [2.45, 2.75) is 6.92 Å². The zero-order valence-electron chi connectivity index (χ0n) is 10.1. The van der Waals surface area contributed by atoms with Crippen LogP contribution < -0.4 is 5.73 Å². The third-order valence-corrected chi connectivity index (χ3v) is 2.36. The zero-order valence-corrected chi connectivity index (χ0v) is 10.9. The van der Waals surface area contributed by atoms with Crippen molar-refractivity contribution in [1.29, 1.82) is 0 Å². The zero-order chi connectivity index (χ0) is 13.7. The molecule has 0 aliphatic rings. The summed E-state index contributed by atoms with van der Waals surface area (Å²) in [7, 11) is 1.48. The fraction of sp³-hybridized carbons (Fsp3) is 0.364. The van der Waals surface area contributed by atoms with Crippen molar-refractivity contribution in [3.8, 4) is 0 Å². The molecule has 0 saturated carbocycles. The van der Waals surface area contributed by atoms with Crippen molar-refractivity contribution in [3.05, 3.63) is 23.0 Å². The molecular weight excluding hydrogens is 258 g/mol. The highest BCUT2D eigenvalue weighted by molar-refractivity contribution is 6.29. The number of rotatable bonds is 4. The lowest BCUT2D eigenvalue weighted by Gasteiger charge is -2.17. The summed E-state index contributed by atoms with van der Waals surface area (Å²) in [6.45, 7) is 1.82. The van der Waals surface area contributed by atoms with Crippen LogP contribution in [-0.2, 0) is 9.53 Å². The maximum atomic E-state index is 12.0. The number of nitrogens with zero attached hydrogens (tertiary/aromatic N) is 2. The molecule has 98 valence electrons. The van der Waals surface area contributed by atoms with Crippen molar-refractivity contribution in [1.82, 2.24) is 9.88 Å². The molecule has 0 fully saturated rings. The number of pyridine rings is 1. The van der Waals surface area contributed by atoms with Gasteiger partial charge in [-0.2, -0.15) is 0 Å². The number of nitrogen functional groups attached to an aromatic ring is 1. The molecule has 2 N–H and O–H groups in total. The molecule has 1 rings (SSSR count). The van der Waals surface area contributed by atoms with Crippen LogP contribution in [0, 0.1) is 0 Å². The fourth-order valence-electron chi connectivity index (χ4n) is 1.30. The molecule has 1 amide bonds. The maximum absolute atomic E-state index is 12.0. The van der Waals surface area contributed by atoms with Crippen LogP contribution in [0.2, 0.25) is 5.15 Å². The minimum absolute atomic E-state index is 0.147. The van der Waals surface area contributed by atoms with Gasteiger partial charge in [-0.1, -0.05) is 11.6 Å². The van der Waals surface area contributed by atoms with Crippen molar-refractivity contribution >= 4 is 29.2 Å². The average molecular weight is 272 g/mol. The van der Waals surface area contributed by atoms with Gasteiger partial charge in [-0.3, -0.25) is 9.59 Å². The Morgan fingerprint density at radius 1 is 1.56 bits per heavy atom. The fourth-order valence-corrected chi connectivity index (χ4v) is 1.46. The van der Waals surface area contributed by atoms with Crippen LogP contribution >= 0.6 is 11.6 Å². The lowest BCUT2D eigenvalue weighted by atomic mass is 10.2. The second-order valence-electron chi connectivity index (χ2n) is 3.56. The molecule has 0 aromatic carbocycles. The summed E-state index contributed by atoms with van der Waals surface area (Å²) in [6, 6.07) is 1.36. The number of carbonyl (C=O) groups is 2. The quantitative estimate of drug-likeness (QED) is 0.651. The summed E-state index contributed by atoms with van der Waals surface area (Å²) in [4.78, 5) is 28.2. The predicted molar refractivity (Wildman–Crippen MR) is 67.3 cm³/mol. The van der Waals surface area contributed by atoms with Gasteiger partial charge < -0.3 is 15.4 Å². The van der Waals surface area contributed by atoms with Gasteiger partial charge in [0.2, 0.25) is 0 Å². The number of carbonyl (C=O) groups excluding carboxylic acids is 2. The minimum atomic E-state index is -0.480. The molecule has 0 saturated heterocycles. The van der Waals surface area contributed by atoms with E-state index in [4.69, 9.17) is 22.1 Å². The third-order valence-electron chi connectivity index (χ3n) is 2.15. The Balaban J connectivity index is 2.80. The van der Waals surface area contributed by atoms with Gasteiger partial charge in [-0.25, -0.2) is 4.98 Å². The summed E-state index contributed by atoms with van der Waals surface area (Å²) in [5.74, 6) is -0.892. The van der Waals surface area contributed by atoms with Gasteiger partial charge in [-0.05, 0) is 13.0 Å². The lowest BCUT2D eigenvalue weighted by Crippen LogP contribution is -2.33. The molecule has 0 bridgehead atoms. The molecular formula is C11H14ClN3O3. The monoisotopic (exact) mass is 271 g/mol. The average Bonchev–Trinajstić information content (AvgIpc) is 2.31.